The molecular weight excluding hydrogens is 560 g/mol. The van der Waals surface area contributed by atoms with Gasteiger partial charge in [-0.3, -0.25) is 10.1 Å². The van der Waals surface area contributed by atoms with Gasteiger partial charge in [0.15, 0.2) is 11.5 Å². The Balaban J connectivity index is 0.000000358. The number of benzene rings is 3. The van der Waals surface area contributed by atoms with Crippen molar-refractivity contribution in [2.45, 2.75) is 31.0 Å². The van der Waals surface area contributed by atoms with E-state index in [1.54, 1.807) is 48.5 Å². The van der Waals surface area contributed by atoms with Gasteiger partial charge in [-0.2, -0.15) is 0 Å². The molecule has 0 bridgehead atoms. The van der Waals surface area contributed by atoms with Crippen molar-refractivity contribution in [1.29, 1.82) is 0 Å². The van der Waals surface area contributed by atoms with E-state index in [9.17, 15) is 19.2 Å². The summed E-state index contributed by atoms with van der Waals surface area (Å²) in [6, 6.07) is 18.2. The highest BCUT2D eigenvalue weighted by Crippen LogP contribution is 2.34. The Kier molecular flexibility index (Phi) is 10.8. The number of urea groups is 1. The van der Waals surface area contributed by atoms with Gasteiger partial charge in [-0.25, -0.2) is 14.4 Å². The minimum absolute atomic E-state index is 0.167. The summed E-state index contributed by atoms with van der Waals surface area (Å²) in [5.41, 5.74) is 5.14. The highest BCUT2D eigenvalue weighted by atomic mass is 79.9. The zero-order valence-electron chi connectivity index (χ0n) is 20.6. The van der Waals surface area contributed by atoms with Crippen molar-refractivity contribution in [3.63, 3.8) is 0 Å². The average molecular weight is 587 g/mol. The zero-order valence-corrected chi connectivity index (χ0v) is 22.2. The molecule has 0 saturated carbocycles. The van der Waals surface area contributed by atoms with Crippen LogP contribution in [0.15, 0.2) is 72.8 Å². The number of carbonyl (C=O) groups is 4. The number of carboxylic acid groups (broad SMARTS) is 2. The number of halogens is 1. The molecule has 10 nitrogen and oxygen atoms in total. The second-order valence-electron chi connectivity index (χ2n) is 7.80. The molecule has 5 N–H and O–H groups in total. The van der Waals surface area contributed by atoms with E-state index in [-0.39, 0.29) is 17.0 Å². The van der Waals surface area contributed by atoms with Crippen molar-refractivity contribution in [2.24, 2.45) is 5.73 Å². The van der Waals surface area contributed by atoms with Gasteiger partial charge in [-0.1, -0.05) is 41.9 Å². The summed E-state index contributed by atoms with van der Waals surface area (Å²) in [6.45, 7) is 3.72. The summed E-state index contributed by atoms with van der Waals surface area (Å²) in [6.07, 6.45) is 1.23. The van der Waals surface area contributed by atoms with Crippen LogP contribution in [0, 0.1) is 0 Å². The number of alkyl halides is 1. The third kappa shape index (κ3) is 8.63. The van der Waals surface area contributed by atoms with Crippen LogP contribution in [0.1, 0.15) is 47.4 Å². The SMILES string of the molecule is CCC(Br)(CC)C(=O)NC(N)=O.O=C(O)c1ccc(Oc2ccccc2Oc2ccc(C(=O)O)cc2)cc1. The highest BCUT2D eigenvalue weighted by molar-refractivity contribution is 9.10. The van der Waals surface area contributed by atoms with Crippen LogP contribution in [0.5, 0.6) is 23.0 Å². The Morgan fingerprint density at radius 1 is 0.763 bits per heavy atom. The fraction of sp³-hybridized carbons (Fsp3) is 0.185. The molecule has 3 aromatic rings. The fourth-order valence-corrected chi connectivity index (χ4v) is 3.10. The predicted octanol–water partition coefficient (Wildman–Crippen LogP) is 5.80. The largest absolute Gasteiger partial charge is 0.478 e. The maximum atomic E-state index is 11.3. The van der Waals surface area contributed by atoms with E-state index in [4.69, 9.17) is 25.4 Å². The molecule has 38 heavy (non-hydrogen) atoms. The second-order valence-corrected chi connectivity index (χ2v) is 9.32. The molecule has 0 saturated heterocycles. The minimum atomic E-state index is -1.01. The van der Waals surface area contributed by atoms with Crippen molar-refractivity contribution in [3.05, 3.63) is 83.9 Å². The van der Waals surface area contributed by atoms with E-state index in [0.29, 0.717) is 35.8 Å². The molecule has 0 spiro atoms. The quantitative estimate of drug-likeness (QED) is 0.228. The van der Waals surface area contributed by atoms with Gasteiger partial charge in [0, 0.05) is 0 Å². The summed E-state index contributed by atoms with van der Waals surface area (Å²) >= 11 is 3.26. The lowest BCUT2D eigenvalue weighted by Crippen LogP contribution is -2.46. The Morgan fingerprint density at radius 3 is 1.42 bits per heavy atom. The van der Waals surface area contributed by atoms with Crippen LogP contribution in [0.4, 0.5) is 4.79 Å². The molecule has 0 aromatic heterocycles. The van der Waals surface area contributed by atoms with Crippen LogP contribution < -0.4 is 20.5 Å². The molecule has 0 fully saturated rings. The van der Waals surface area contributed by atoms with Gasteiger partial charge >= 0.3 is 18.0 Å². The molecule has 0 unspecified atom stereocenters. The Morgan fingerprint density at radius 2 is 1.13 bits per heavy atom. The molecule has 0 heterocycles. The molecule has 200 valence electrons. The van der Waals surface area contributed by atoms with Gasteiger partial charge in [-0.05, 0) is 73.5 Å². The maximum absolute atomic E-state index is 11.3. The smallest absolute Gasteiger partial charge is 0.335 e. The van der Waals surface area contributed by atoms with Crippen LogP contribution in [-0.4, -0.2) is 38.4 Å². The minimum Gasteiger partial charge on any atom is -0.478 e. The Hall–Kier alpha value is -4.38. The van der Waals surface area contributed by atoms with Gasteiger partial charge in [-0.15, -0.1) is 0 Å². The van der Waals surface area contributed by atoms with Crippen molar-refractivity contribution in [3.8, 4) is 23.0 Å². The normalized spacial score (nSPS) is 10.4. The third-order valence-electron chi connectivity index (χ3n) is 5.27. The number of nitrogens with two attached hydrogens (primary N) is 1. The van der Waals surface area contributed by atoms with Crippen molar-refractivity contribution in [2.75, 3.05) is 0 Å². The van der Waals surface area contributed by atoms with Crippen molar-refractivity contribution < 1.29 is 38.9 Å². The predicted molar refractivity (Wildman–Crippen MR) is 143 cm³/mol. The van der Waals surface area contributed by atoms with Crippen LogP contribution in [0.3, 0.4) is 0 Å². The molecular formula is C27H27BrN2O8. The number of primary amides is 1. The zero-order chi connectivity index (χ0) is 28.3. The molecule has 0 aliphatic rings. The molecule has 0 aliphatic heterocycles. The number of hydrogen-bond acceptors (Lipinski definition) is 6. The highest BCUT2D eigenvalue weighted by Gasteiger charge is 2.32. The van der Waals surface area contributed by atoms with Gasteiger partial charge < -0.3 is 25.4 Å². The van der Waals surface area contributed by atoms with E-state index < -0.39 is 22.3 Å². The summed E-state index contributed by atoms with van der Waals surface area (Å²) in [5, 5.41) is 19.9. The molecule has 3 rings (SSSR count). The average Bonchev–Trinajstić information content (AvgIpc) is 2.90. The molecule has 3 amide bonds. The first kappa shape index (κ1) is 29.8. The maximum Gasteiger partial charge on any atom is 0.335 e. The number of hydrogen-bond donors (Lipinski definition) is 4. The first-order valence-corrected chi connectivity index (χ1v) is 12.2. The molecule has 0 radical (unpaired) electrons. The van der Waals surface area contributed by atoms with Gasteiger partial charge in [0.25, 0.3) is 0 Å². The topological polar surface area (TPSA) is 165 Å². The molecule has 3 aromatic carbocycles. The summed E-state index contributed by atoms with van der Waals surface area (Å²) in [4.78, 5) is 43.4. The number of nitrogens with one attached hydrogen (secondary N) is 1. The molecule has 0 aliphatic carbocycles. The number of ether oxygens (including phenoxy) is 2. The van der Waals surface area contributed by atoms with Crippen LogP contribution in [-0.2, 0) is 4.79 Å². The lowest BCUT2D eigenvalue weighted by atomic mass is 10.0. The Labute approximate surface area is 227 Å². The number of carboxylic acids is 2. The number of aromatic carboxylic acids is 2. The lowest BCUT2D eigenvalue weighted by molar-refractivity contribution is -0.122. The summed E-state index contributed by atoms with van der Waals surface area (Å²) in [7, 11) is 0. The van der Waals surface area contributed by atoms with E-state index in [2.05, 4.69) is 15.9 Å². The number of para-hydroxylation sites is 2. The summed E-state index contributed by atoms with van der Waals surface area (Å²) in [5.74, 6) is -0.578. The molecule has 0 atom stereocenters. The van der Waals surface area contributed by atoms with Crippen LogP contribution in [0.2, 0.25) is 0 Å². The third-order valence-corrected chi connectivity index (χ3v) is 6.75. The van der Waals surface area contributed by atoms with Crippen molar-refractivity contribution in [1.82, 2.24) is 5.32 Å². The first-order valence-electron chi connectivity index (χ1n) is 11.4. The van der Waals surface area contributed by atoms with E-state index >= 15 is 0 Å². The number of carbonyl (C=O) groups excluding carboxylic acids is 2. The van der Waals surface area contributed by atoms with Gasteiger partial charge in [0.05, 0.1) is 11.1 Å². The van der Waals surface area contributed by atoms with Gasteiger partial charge in [0.2, 0.25) is 5.91 Å². The second kappa shape index (κ2) is 13.8. The monoisotopic (exact) mass is 586 g/mol. The van der Waals surface area contributed by atoms with Crippen LogP contribution >= 0.6 is 15.9 Å². The van der Waals surface area contributed by atoms with Crippen LogP contribution in [0.25, 0.3) is 0 Å². The lowest BCUT2D eigenvalue weighted by Gasteiger charge is -2.21. The fourth-order valence-electron chi connectivity index (χ4n) is 3.00. The standard InChI is InChI=1S/C20H14O6.C7H13BrN2O2/c21-19(22)13-5-9-15(10-6-13)25-17-3-1-2-4-18(17)26-16-11-7-14(8-12-16)20(23)24;1-3-7(8,4-2)5(11)10-6(9)12/h1-12H,(H,21,22)(H,23,24);3-4H2,1-2H3,(H3,9,10,11,12). The number of imide groups is 1. The first-order chi connectivity index (χ1) is 18.0. The Bertz CT molecular complexity index is 1190. The summed E-state index contributed by atoms with van der Waals surface area (Å²) < 4.78 is 10.9. The van der Waals surface area contributed by atoms with E-state index in [1.165, 1.54) is 24.3 Å². The van der Waals surface area contributed by atoms with E-state index in [1.807, 2.05) is 19.2 Å². The van der Waals surface area contributed by atoms with Gasteiger partial charge in [0.1, 0.15) is 15.8 Å². The number of rotatable bonds is 9. The van der Waals surface area contributed by atoms with E-state index in [0.717, 1.165) is 0 Å². The number of amides is 3. The van der Waals surface area contributed by atoms with Crippen molar-refractivity contribution >= 4 is 39.8 Å². The molecule has 11 heteroatoms.